The summed E-state index contributed by atoms with van der Waals surface area (Å²) < 4.78 is 0. The Kier molecular flexibility index (Phi) is 3.02. The molecule has 2 rings (SSSR count). The third-order valence-corrected chi connectivity index (χ3v) is 3.04. The SMILES string of the molecule is Cc1cccc(-c2cc(C(=O)O)c[nH]c2=O)c1C. The van der Waals surface area contributed by atoms with Gasteiger partial charge < -0.3 is 10.1 Å². The van der Waals surface area contributed by atoms with E-state index in [9.17, 15) is 9.59 Å². The van der Waals surface area contributed by atoms with Crippen molar-refractivity contribution in [3.63, 3.8) is 0 Å². The maximum Gasteiger partial charge on any atom is 0.337 e. The Labute approximate surface area is 104 Å². The van der Waals surface area contributed by atoms with E-state index in [1.54, 1.807) is 0 Å². The monoisotopic (exact) mass is 243 g/mol. The Balaban J connectivity index is 2.70. The van der Waals surface area contributed by atoms with Crippen LogP contribution in [0.5, 0.6) is 0 Å². The smallest absolute Gasteiger partial charge is 0.337 e. The number of aromatic amines is 1. The quantitative estimate of drug-likeness (QED) is 0.850. The highest BCUT2D eigenvalue weighted by atomic mass is 16.4. The van der Waals surface area contributed by atoms with Crippen LogP contribution in [0.15, 0.2) is 35.3 Å². The molecule has 0 aliphatic carbocycles. The first kappa shape index (κ1) is 12.1. The summed E-state index contributed by atoms with van der Waals surface area (Å²) in [5.41, 5.74) is 2.98. The minimum absolute atomic E-state index is 0.0745. The topological polar surface area (TPSA) is 70.2 Å². The lowest BCUT2D eigenvalue weighted by molar-refractivity contribution is 0.0696. The van der Waals surface area contributed by atoms with Gasteiger partial charge in [0.15, 0.2) is 0 Å². The van der Waals surface area contributed by atoms with Crippen LogP contribution in [-0.4, -0.2) is 16.1 Å². The Morgan fingerprint density at radius 1 is 1.22 bits per heavy atom. The van der Waals surface area contributed by atoms with E-state index in [0.717, 1.165) is 16.7 Å². The molecule has 0 amide bonds. The van der Waals surface area contributed by atoms with Crippen LogP contribution in [-0.2, 0) is 0 Å². The standard InChI is InChI=1S/C14H13NO3/c1-8-4-3-5-11(9(8)2)12-6-10(14(17)18)7-15-13(12)16/h3-7H,1-2H3,(H,15,16)(H,17,18). The summed E-state index contributed by atoms with van der Waals surface area (Å²) in [6, 6.07) is 7.03. The molecule has 0 aliphatic rings. The summed E-state index contributed by atoms with van der Waals surface area (Å²) in [5.74, 6) is -1.06. The number of hydrogen-bond donors (Lipinski definition) is 2. The number of pyridine rings is 1. The molecule has 0 fully saturated rings. The average Bonchev–Trinajstić information content (AvgIpc) is 2.33. The number of benzene rings is 1. The average molecular weight is 243 g/mol. The molecule has 0 saturated heterocycles. The Hall–Kier alpha value is -2.36. The normalized spacial score (nSPS) is 10.3. The highest BCUT2D eigenvalue weighted by molar-refractivity contribution is 5.89. The molecule has 18 heavy (non-hydrogen) atoms. The molecule has 2 N–H and O–H groups in total. The van der Waals surface area contributed by atoms with Gasteiger partial charge in [-0.2, -0.15) is 0 Å². The van der Waals surface area contributed by atoms with Crippen molar-refractivity contribution in [2.75, 3.05) is 0 Å². The van der Waals surface area contributed by atoms with Crippen LogP contribution in [0, 0.1) is 13.8 Å². The fourth-order valence-corrected chi connectivity index (χ4v) is 1.85. The van der Waals surface area contributed by atoms with Gasteiger partial charge in [-0.05, 0) is 36.6 Å². The molecule has 1 aromatic heterocycles. The number of hydrogen-bond acceptors (Lipinski definition) is 2. The van der Waals surface area contributed by atoms with Gasteiger partial charge in [0.25, 0.3) is 5.56 Å². The van der Waals surface area contributed by atoms with Gasteiger partial charge in [0, 0.05) is 11.8 Å². The lowest BCUT2D eigenvalue weighted by Crippen LogP contribution is -2.12. The van der Waals surface area contributed by atoms with Gasteiger partial charge in [0.05, 0.1) is 5.56 Å². The number of H-pyrrole nitrogens is 1. The van der Waals surface area contributed by atoms with Crippen LogP contribution < -0.4 is 5.56 Å². The van der Waals surface area contributed by atoms with Crippen molar-refractivity contribution in [2.45, 2.75) is 13.8 Å². The van der Waals surface area contributed by atoms with E-state index >= 15 is 0 Å². The van der Waals surface area contributed by atoms with Gasteiger partial charge in [-0.1, -0.05) is 18.2 Å². The molecule has 1 aromatic carbocycles. The molecule has 1 heterocycles. The van der Waals surface area contributed by atoms with E-state index in [-0.39, 0.29) is 11.1 Å². The number of carboxylic acid groups (broad SMARTS) is 1. The second-order valence-corrected chi connectivity index (χ2v) is 4.18. The lowest BCUT2D eigenvalue weighted by Gasteiger charge is -2.08. The zero-order valence-electron chi connectivity index (χ0n) is 10.2. The maximum absolute atomic E-state index is 11.8. The van der Waals surface area contributed by atoms with Gasteiger partial charge in [0.2, 0.25) is 0 Å². The Bertz CT molecular complexity index is 671. The van der Waals surface area contributed by atoms with Crippen molar-refractivity contribution in [2.24, 2.45) is 0 Å². The first-order valence-electron chi connectivity index (χ1n) is 5.53. The van der Waals surface area contributed by atoms with E-state index in [2.05, 4.69) is 4.98 Å². The molecule has 4 heteroatoms. The minimum Gasteiger partial charge on any atom is -0.478 e. The van der Waals surface area contributed by atoms with Crippen LogP contribution in [0.2, 0.25) is 0 Å². The molecule has 2 aromatic rings. The summed E-state index contributed by atoms with van der Waals surface area (Å²) in [7, 11) is 0. The molecular formula is C14H13NO3. The summed E-state index contributed by atoms with van der Waals surface area (Å²) in [5, 5.41) is 8.95. The number of rotatable bonds is 2. The predicted octanol–water partition coefficient (Wildman–Crippen LogP) is 2.36. The number of aromatic carboxylic acids is 1. The van der Waals surface area contributed by atoms with E-state index in [4.69, 9.17) is 5.11 Å². The van der Waals surface area contributed by atoms with Gasteiger partial charge in [-0.25, -0.2) is 4.79 Å². The molecule has 0 atom stereocenters. The van der Waals surface area contributed by atoms with Crippen molar-refractivity contribution in [1.82, 2.24) is 4.98 Å². The fraction of sp³-hybridized carbons (Fsp3) is 0.143. The highest BCUT2D eigenvalue weighted by Gasteiger charge is 2.11. The van der Waals surface area contributed by atoms with E-state index in [1.165, 1.54) is 12.3 Å². The number of aryl methyl sites for hydroxylation is 1. The summed E-state index contributed by atoms with van der Waals surface area (Å²) in [6.45, 7) is 3.87. The lowest BCUT2D eigenvalue weighted by atomic mass is 9.97. The van der Waals surface area contributed by atoms with E-state index in [1.807, 2.05) is 32.0 Å². The van der Waals surface area contributed by atoms with Crippen molar-refractivity contribution >= 4 is 5.97 Å². The summed E-state index contributed by atoms with van der Waals surface area (Å²) >= 11 is 0. The number of carbonyl (C=O) groups is 1. The zero-order chi connectivity index (χ0) is 13.3. The van der Waals surface area contributed by atoms with Gasteiger partial charge in [0.1, 0.15) is 0 Å². The van der Waals surface area contributed by atoms with Crippen molar-refractivity contribution < 1.29 is 9.90 Å². The second-order valence-electron chi connectivity index (χ2n) is 4.18. The van der Waals surface area contributed by atoms with Crippen LogP contribution in [0.1, 0.15) is 21.5 Å². The molecule has 0 aliphatic heterocycles. The number of aromatic nitrogens is 1. The third-order valence-electron chi connectivity index (χ3n) is 3.04. The fourth-order valence-electron chi connectivity index (χ4n) is 1.85. The first-order valence-corrected chi connectivity index (χ1v) is 5.53. The van der Waals surface area contributed by atoms with Gasteiger partial charge >= 0.3 is 5.97 Å². The van der Waals surface area contributed by atoms with E-state index in [0.29, 0.717) is 5.56 Å². The zero-order valence-corrected chi connectivity index (χ0v) is 10.2. The predicted molar refractivity (Wildman–Crippen MR) is 68.9 cm³/mol. The Morgan fingerprint density at radius 3 is 2.61 bits per heavy atom. The molecule has 0 radical (unpaired) electrons. The molecule has 0 saturated carbocycles. The van der Waals surface area contributed by atoms with Crippen molar-refractivity contribution in [3.05, 3.63) is 57.5 Å². The van der Waals surface area contributed by atoms with Gasteiger partial charge in [-0.15, -0.1) is 0 Å². The van der Waals surface area contributed by atoms with Crippen LogP contribution in [0.25, 0.3) is 11.1 Å². The van der Waals surface area contributed by atoms with Gasteiger partial charge in [-0.3, -0.25) is 4.79 Å². The van der Waals surface area contributed by atoms with Crippen molar-refractivity contribution in [3.8, 4) is 11.1 Å². The van der Waals surface area contributed by atoms with Crippen LogP contribution >= 0.6 is 0 Å². The molecule has 92 valence electrons. The number of carboxylic acids is 1. The Morgan fingerprint density at radius 2 is 1.94 bits per heavy atom. The van der Waals surface area contributed by atoms with Crippen LogP contribution in [0.3, 0.4) is 0 Å². The van der Waals surface area contributed by atoms with Crippen molar-refractivity contribution in [1.29, 1.82) is 0 Å². The highest BCUT2D eigenvalue weighted by Crippen LogP contribution is 2.23. The minimum atomic E-state index is -1.06. The molecule has 0 spiro atoms. The molecule has 0 unspecified atom stereocenters. The molecular weight excluding hydrogens is 230 g/mol. The van der Waals surface area contributed by atoms with Crippen LogP contribution in [0.4, 0.5) is 0 Å². The number of nitrogens with one attached hydrogen (secondary N) is 1. The third kappa shape index (κ3) is 2.05. The summed E-state index contributed by atoms with van der Waals surface area (Å²) in [4.78, 5) is 25.2. The van der Waals surface area contributed by atoms with E-state index < -0.39 is 5.97 Å². The largest absolute Gasteiger partial charge is 0.478 e. The second kappa shape index (κ2) is 4.49. The molecule has 4 nitrogen and oxygen atoms in total. The summed E-state index contributed by atoms with van der Waals surface area (Å²) in [6.07, 6.45) is 1.21. The maximum atomic E-state index is 11.8. The molecule has 0 bridgehead atoms. The first-order chi connectivity index (χ1) is 8.50.